The molecule has 0 saturated carbocycles. The second kappa shape index (κ2) is 20.0. The van der Waals surface area contributed by atoms with E-state index in [1.54, 1.807) is 43.3 Å². The zero-order valence-corrected chi connectivity index (χ0v) is 30.3. The molecule has 0 radical (unpaired) electrons. The molecule has 0 bridgehead atoms. The Labute approximate surface area is 296 Å². The van der Waals surface area contributed by atoms with Crippen molar-refractivity contribution >= 4 is 49.5 Å². The van der Waals surface area contributed by atoms with Crippen molar-refractivity contribution in [1.82, 2.24) is 10.3 Å². The first-order chi connectivity index (χ1) is 23.6. The predicted molar refractivity (Wildman–Crippen MR) is 193 cm³/mol. The predicted octanol–water partition coefficient (Wildman–Crippen LogP) is 2.88. The van der Waals surface area contributed by atoms with Crippen LogP contribution in [0.4, 0.5) is 5.69 Å². The lowest BCUT2D eigenvalue weighted by atomic mass is 9.94. The number of carbonyl (C=O) groups excluding carboxylic acids is 2. The highest BCUT2D eigenvalue weighted by molar-refractivity contribution is 7.85. The van der Waals surface area contributed by atoms with Crippen molar-refractivity contribution in [2.24, 2.45) is 17.4 Å². The summed E-state index contributed by atoms with van der Waals surface area (Å²) in [5.41, 5.74) is 12.6. The van der Waals surface area contributed by atoms with Crippen molar-refractivity contribution in [3.05, 3.63) is 77.0 Å². The molecule has 2 aromatic carbocycles. The van der Waals surface area contributed by atoms with E-state index in [-0.39, 0.29) is 51.6 Å². The summed E-state index contributed by atoms with van der Waals surface area (Å²) in [6.45, 7) is 6.54. The van der Waals surface area contributed by atoms with E-state index in [1.807, 2.05) is 13.8 Å². The van der Waals surface area contributed by atoms with Gasteiger partial charge >= 0.3 is 5.97 Å². The highest BCUT2D eigenvalue weighted by atomic mass is 32.2. The number of nitrogen functional groups attached to an aromatic ring is 1. The molecule has 0 fully saturated rings. The molecule has 3 aromatic rings. The Morgan fingerprint density at radius 1 is 0.902 bits per heavy atom. The van der Waals surface area contributed by atoms with E-state index < -0.39 is 38.0 Å². The maximum absolute atomic E-state index is 13.4. The van der Waals surface area contributed by atoms with Gasteiger partial charge in [0.25, 0.3) is 32.1 Å². The van der Waals surface area contributed by atoms with Crippen LogP contribution in [0.5, 0.6) is 5.88 Å². The van der Waals surface area contributed by atoms with Crippen LogP contribution in [0.3, 0.4) is 0 Å². The average Bonchev–Trinajstić information content (AvgIpc) is 3.02. The number of hydrogen-bond acceptors (Lipinski definition) is 11. The Hall–Kier alpha value is -4.95. The topological polar surface area (TPSA) is 302 Å². The van der Waals surface area contributed by atoms with Gasteiger partial charge in [0, 0.05) is 34.5 Å². The van der Waals surface area contributed by atoms with Gasteiger partial charge in [-0.1, -0.05) is 26.3 Å². The number of aromatic nitrogens is 1. The van der Waals surface area contributed by atoms with Crippen molar-refractivity contribution < 1.29 is 50.2 Å². The van der Waals surface area contributed by atoms with Crippen molar-refractivity contribution in [2.75, 3.05) is 31.0 Å². The third-order valence-corrected chi connectivity index (χ3v) is 6.76. The fraction of sp³-hybridized carbons (Fsp3) is 0.344. The Morgan fingerprint density at radius 2 is 1.43 bits per heavy atom. The van der Waals surface area contributed by atoms with Gasteiger partial charge in [-0.2, -0.15) is 16.8 Å². The lowest BCUT2D eigenvalue weighted by molar-refractivity contribution is 0.0697. The molecule has 2 amide bonds. The van der Waals surface area contributed by atoms with Crippen molar-refractivity contribution in [3.8, 4) is 17.0 Å². The number of carboxylic acids is 1. The lowest BCUT2D eigenvalue weighted by Gasteiger charge is -2.24. The van der Waals surface area contributed by atoms with Crippen LogP contribution in [0.25, 0.3) is 11.1 Å². The Balaban J connectivity index is 0.00000114. The van der Waals surface area contributed by atoms with Gasteiger partial charge in [-0.05, 0) is 73.8 Å². The van der Waals surface area contributed by atoms with E-state index in [0.717, 1.165) is 6.42 Å². The monoisotopic (exact) mass is 752 g/mol. The highest BCUT2D eigenvalue weighted by Gasteiger charge is 2.24. The number of amides is 2. The van der Waals surface area contributed by atoms with Crippen LogP contribution in [0.2, 0.25) is 0 Å². The fourth-order valence-electron chi connectivity index (χ4n) is 4.30. The quantitative estimate of drug-likeness (QED) is 0.0708. The Kier molecular flexibility index (Phi) is 17.3. The number of aromatic carboxylic acids is 1. The number of ether oxygens (including phenoxy) is 1. The van der Waals surface area contributed by atoms with Crippen LogP contribution >= 0.6 is 0 Å². The first-order valence-corrected chi connectivity index (χ1v) is 18.9. The second-order valence-electron chi connectivity index (χ2n) is 11.0. The number of amidine groups is 1. The molecule has 0 unspecified atom stereocenters. The normalized spacial score (nSPS) is 12.1. The standard InChI is InChI=1S/C30H36N6O5.2CH4O3S/c1-4-17(3)24(14-15-31)35-28(37)19-8-11-21(23(16-19)30(39)40)22-12-13-25(41-5-2)36-26(22)29(38)34-20-9-6-18(7-10-20)27(32)33;2*1-5(2,3)4/h6-13,16-17,24H,4-5,14-15,31H2,1-3H3,(H3,32,33)(H,34,38)(H,35,37)(H,39,40);2*1H3,(H,2,3,4)/t17-,24-;;/m0../s1. The molecule has 0 aliphatic heterocycles. The minimum atomic E-state index is -3.67. The molecular formula is C32H44N6O11S2. The molecule has 0 aliphatic rings. The maximum atomic E-state index is 13.4. The number of nitrogens with two attached hydrogens (primary N) is 2. The van der Waals surface area contributed by atoms with E-state index >= 15 is 0 Å². The van der Waals surface area contributed by atoms with Gasteiger partial charge in [-0.3, -0.25) is 24.1 Å². The summed E-state index contributed by atoms with van der Waals surface area (Å²) >= 11 is 0. The van der Waals surface area contributed by atoms with Crippen molar-refractivity contribution in [3.63, 3.8) is 0 Å². The van der Waals surface area contributed by atoms with E-state index in [2.05, 4.69) is 15.6 Å². The third kappa shape index (κ3) is 16.5. The van der Waals surface area contributed by atoms with E-state index in [1.165, 1.54) is 18.2 Å². The van der Waals surface area contributed by atoms with E-state index in [4.69, 9.17) is 30.7 Å². The molecule has 10 N–H and O–H groups in total. The first kappa shape index (κ1) is 44.1. The summed E-state index contributed by atoms with van der Waals surface area (Å²) in [6.07, 6.45) is 2.87. The average molecular weight is 753 g/mol. The summed E-state index contributed by atoms with van der Waals surface area (Å²) < 4.78 is 57.2. The molecule has 0 spiro atoms. The minimum Gasteiger partial charge on any atom is -0.478 e. The van der Waals surface area contributed by atoms with Crippen LogP contribution in [0, 0.1) is 11.3 Å². The molecule has 3 rings (SSSR count). The van der Waals surface area contributed by atoms with Crippen LogP contribution in [-0.4, -0.2) is 91.4 Å². The van der Waals surface area contributed by atoms with E-state index in [9.17, 15) is 36.3 Å². The fourth-order valence-corrected chi connectivity index (χ4v) is 4.30. The van der Waals surface area contributed by atoms with Gasteiger partial charge in [0.15, 0.2) is 0 Å². The summed E-state index contributed by atoms with van der Waals surface area (Å²) in [5.74, 6) is -2.00. The van der Waals surface area contributed by atoms with Crippen LogP contribution in [0.15, 0.2) is 54.6 Å². The van der Waals surface area contributed by atoms with Gasteiger partial charge in [-0.15, -0.1) is 0 Å². The third-order valence-electron chi connectivity index (χ3n) is 6.76. The second-order valence-corrected chi connectivity index (χ2v) is 13.9. The number of rotatable bonds is 13. The molecule has 19 heteroatoms. The SMILES string of the molecule is CCOc1ccc(-c2ccc(C(=O)N[C@@H](CCN)[C@@H](C)CC)cc2C(=O)O)c(C(=O)Nc2ccc(C(=N)N)cc2)n1.CS(=O)(=O)O.CS(=O)(=O)O. The summed E-state index contributed by atoms with van der Waals surface area (Å²) in [6, 6.07) is 13.6. The molecular weight excluding hydrogens is 709 g/mol. The van der Waals surface area contributed by atoms with Gasteiger partial charge in [0.2, 0.25) is 5.88 Å². The van der Waals surface area contributed by atoms with E-state index in [0.29, 0.717) is 43.3 Å². The largest absolute Gasteiger partial charge is 0.478 e. The van der Waals surface area contributed by atoms with Gasteiger partial charge in [0.05, 0.1) is 24.7 Å². The van der Waals surface area contributed by atoms with Crippen LogP contribution in [-0.2, 0) is 20.2 Å². The first-order valence-electron chi connectivity index (χ1n) is 15.2. The lowest BCUT2D eigenvalue weighted by Crippen LogP contribution is -2.40. The Bertz CT molecular complexity index is 1860. The molecule has 0 saturated heterocycles. The van der Waals surface area contributed by atoms with Crippen molar-refractivity contribution in [2.45, 2.75) is 39.7 Å². The van der Waals surface area contributed by atoms with Gasteiger partial charge < -0.3 is 31.9 Å². The number of nitrogens with one attached hydrogen (secondary N) is 3. The van der Waals surface area contributed by atoms with Gasteiger partial charge in [0.1, 0.15) is 11.5 Å². The number of carboxylic acid groups (broad SMARTS) is 1. The molecule has 1 heterocycles. The molecule has 51 heavy (non-hydrogen) atoms. The molecule has 280 valence electrons. The summed E-state index contributed by atoms with van der Waals surface area (Å²) in [4.78, 5) is 43.2. The zero-order valence-electron chi connectivity index (χ0n) is 28.7. The summed E-state index contributed by atoms with van der Waals surface area (Å²) in [5, 5.41) is 23.3. The van der Waals surface area contributed by atoms with Gasteiger partial charge in [-0.25, -0.2) is 9.78 Å². The molecule has 2 atom stereocenters. The maximum Gasteiger partial charge on any atom is 0.336 e. The number of pyridine rings is 1. The van der Waals surface area contributed by atoms with Crippen molar-refractivity contribution in [1.29, 1.82) is 5.41 Å². The zero-order chi connectivity index (χ0) is 39.1. The number of carbonyl (C=O) groups is 3. The molecule has 0 aliphatic carbocycles. The smallest absolute Gasteiger partial charge is 0.336 e. The van der Waals surface area contributed by atoms with Crippen LogP contribution < -0.4 is 26.8 Å². The van der Waals surface area contributed by atoms with Crippen LogP contribution in [0.1, 0.15) is 70.4 Å². The summed E-state index contributed by atoms with van der Waals surface area (Å²) in [7, 11) is -7.33. The molecule has 1 aromatic heterocycles. The highest BCUT2D eigenvalue weighted by Crippen LogP contribution is 2.30. The minimum absolute atomic E-state index is 0.0638. The Morgan fingerprint density at radius 3 is 1.90 bits per heavy atom. The number of anilines is 1. The number of hydrogen-bond donors (Lipinski definition) is 8. The number of benzene rings is 2. The molecule has 17 nitrogen and oxygen atoms in total. The number of nitrogens with zero attached hydrogens (tertiary/aromatic N) is 1.